The van der Waals surface area contributed by atoms with Crippen molar-refractivity contribution in [1.29, 1.82) is 0 Å². The van der Waals surface area contributed by atoms with Crippen molar-refractivity contribution in [2.24, 2.45) is 0 Å². The molecule has 2 aliphatic heterocycles. The molecule has 4 rings (SSSR count). The summed E-state index contributed by atoms with van der Waals surface area (Å²) in [5, 5.41) is 10.8. The molecule has 27 heavy (non-hydrogen) atoms. The Labute approximate surface area is 155 Å². The zero-order valence-corrected chi connectivity index (χ0v) is 14.8. The van der Waals surface area contributed by atoms with Crippen LogP contribution in [0.25, 0.3) is 5.76 Å². The average Bonchev–Trinajstić information content (AvgIpc) is 3.25. The van der Waals surface area contributed by atoms with Crippen LogP contribution in [-0.4, -0.2) is 42.6 Å². The molecule has 1 amide bonds. The van der Waals surface area contributed by atoms with Crippen molar-refractivity contribution in [1.82, 2.24) is 4.90 Å². The summed E-state index contributed by atoms with van der Waals surface area (Å²) in [6, 6.07) is 11.1. The zero-order valence-electron chi connectivity index (χ0n) is 14.8. The first-order chi connectivity index (χ1) is 13.0. The summed E-state index contributed by atoms with van der Waals surface area (Å²) < 4.78 is 15.8. The highest BCUT2D eigenvalue weighted by Crippen LogP contribution is 2.42. The maximum atomic E-state index is 12.6. The number of hydrogen-bond donors (Lipinski definition) is 1. The van der Waals surface area contributed by atoms with E-state index in [-0.39, 0.29) is 18.1 Å². The maximum Gasteiger partial charge on any atom is 0.295 e. The zero-order chi connectivity index (χ0) is 19.1. The van der Waals surface area contributed by atoms with Crippen LogP contribution in [0.5, 0.6) is 17.2 Å². The normalized spacial score (nSPS) is 20.2. The van der Waals surface area contributed by atoms with Gasteiger partial charge in [-0.05, 0) is 42.0 Å². The van der Waals surface area contributed by atoms with E-state index >= 15 is 0 Å². The van der Waals surface area contributed by atoms with Crippen LogP contribution >= 0.6 is 0 Å². The molecule has 2 heterocycles. The number of aliphatic hydroxyl groups excluding tert-OH is 1. The summed E-state index contributed by atoms with van der Waals surface area (Å²) in [7, 11) is 3.07. The molecule has 0 aromatic heterocycles. The summed E-state index contributed by atoms with van der Waals surface area (Å²) in [6.07, 6.45) is 0. The second-order valence-electron chi connectivity index (χ2n) is 6.25. The second kappa shape index (κ2) is 6.35. The topological polar surface area (TPSA) is 85.3 Å². The van der Waals surface area contributed by atoms with Crippen LogP contribution in [0.4, 0.5) is 0 Å². The summed E-state index contributed by atoms with van der Waals surface area (Å²) in [4.78, 5) is 26.2. The number of ether oxygens (including phenoxy) is 3. The Bertz CT molecular complexity index is 963. The number of carbonyl (C=O) groups is 2. The molecule has 1 fully saturated rings. The van der Waals surface area contributed by atoms with E-state index in [1.54, 1.807) is 42.5 Å². The molecule has 0 aliphatic carbocycles. The van der Waals surface area contributed by atoms with Gasteiger partial charge in [0.1, 0.15) is 11.5 Å². The third kappa shape index (κ3) is 2.68. The van der Waals surface area contributed by atoms with E-state index in [0.717, 1.165) is 0 Å². The van der Waals surface area contributed by atoms with E-state index in [0.29, 0.717) is 28.4 Å². The second-order valence-corrected chi connectivity index (χ2v) is 6.25. The molecule has 1 atom stereocenters. The maximum absolute atomic E-state index is 12.6. The van der Waals surface area contributed by atoms with E-state index < -0.39 is 17.7 Å². The number of carbonyl (C=O) groups excluding carboxylic acids is 2. The number of Topliss-reactive ketones (excluding diaryl/α,β-unsaturated/α-hetero) is 1. The molecule has 2 aromatic carbocycles. The highest BCUT2D eigenvalue weighted by molar-refractivity contribution is 6.46. The molecule has 0 bridgehead atoms. The Kier molecular flexibility index (Phi) is 3.99. The van der Waals surface area contributed by atoms with Crippen LogP contribution < -0.4 is 14.2 Å². The number of ketones is 1. The van der Waals surface area contributed by atoms with Gasteiger partial charge in [-0.1, -0.05) is 6.07 Å². The van der Waals surface area contributed by atoms with Crippen molar-refractivity contribution in [3.8, 4) is 17.2 Å². The molecule has 0 radical (unpaired) electrons. The van der Waals surface area contributed by atoms with Crippen LogP contribution in [-0.2, 0) is 9.59 Å². The van der Waals surface area contributed by atoms with Gasteiger partial charge in [0.15, 0.2) is 11.5 Å². The van der Waals surface area contributed by atoms with E-state index in [2.05, 4.69) is 0 Å². The molecule has 1 N–H and O–H groups in total. The quantitative estimate of drug-likeness (QED) is 0.510. The molecular formula is C20H17NO6. The number of rotatable bonds is 3. The largest absolute Gasteiger partial charge is 0.507 e. The standard InChI is InChI=1S/C20H17NO6/c1-21-17(12-5-8-14-15(9-12)27-10-26-14)16(19(23)20(21)24)18(22)11-3-6-13(25-2)7-4-11/h3-9,17,22H,10H2,1-2H3/b18-16+. The predicted molar refractivity (Wildman–Crippen MR) is 95.6 cm³/mol. The molecule has 7 heteroatoms. The minimum atomic E-state index is -0.728. The number of likely N-dealkylation sites (tertiary alicyclic amines) is 1. The van der Waals surface area contributed by atoms with Gasteiger partial charge in [0, 0.05) is 12.6 Å². The van der Waals surface area contributed by atoms with Crippen LogP contribution in [0, 0.1) is 0 Å². The molecule has 1 saturated heterocycles. The fourth-order valence-corrected chi connectivity index (χ4v) is 3.33. The summed E-state index contributed by atoms with van der Waals surface area (Å²) in [6.45, 7) is 0.122. The molecule has 7 nitrogen and oxygen atoms in total. The highest BCUT2D eigenvalue weighted by Gasteiger charge is 2.44. The number of benzene rings is 2. The molecule has 2 aliphatic rings. The van der Waals surface area contributed by atoms with E-state index in [1.165, 1.54) is 19.1 Å². The third-order valence-electron chi connectivity index (χ3n) is 4.75. The van der Waals surface area contributed by atoms with Gasteiger partial charge in [-0.15, -0.1) is 0 Å². The van der Waals surface area contributed by atoms with Gasteiger partial charge in [-0.3, -0.25) is 9.59 Å². The van der Waals surface area contributed by atoms with Gasteiger partial charge >= 0.3 is 0 Å². The Morgan fingerprint density at radius 1 is 1.11 bits per heavy atom. The Morgan fingerprint density at radius 3 is 2.52 bits per heavy atom. The van der Waals surface area contributed by atoms with Gasteiger partial charge in [0.05, 0.1) is 18.7 Å². The van der Waals surface area contributed by atoms with Gasteiger partial charge in [-0.2, -0.15) is 0 Å². The van der Waals surface area contributed by atoms with Crippen LogP contribution in [0.2, 0.25) is 0 Å². The van der Waals surface area contributed by atoms with E-state index in [9.17, 15) is 14.7 Å². The number of methoxy groups -OCH3 is 1. The number of likely N-dealkylation sites (N-methyl/N-ethyl adjacent to an activating group) is 1. The molecule has 2 aromatic rings. The lowest BCUT2D eigenvalue weighted by atomic mass is 9.95. The minimum absolute atomic E-state index is 0.0338. The lowest BCUT2D eigenvalue weighted by molar-refractivity contribution is -0.139. The van der Waals surface area contributed by atoms with E-state index in [4.69, 9.17) is 14.2 Å². The molecule has 0 saturated carbocycles. The van der Waals surface area contributed by atoms with Crippen LogP contribution in [0.1, 0.15) is 17.2 Å². The van der Waals surface area contributed by atoms with Crippen molar-refractivity contribution >= 4 is 17.4 Å². The Hall–Kier alpha value is -3.48. The minimum Gasteiger partial charge on any atom is -0.507 e. The summed E-state index contributed by atoms with van der Waals surface area (Å²) >= 11 is 0. The first-order valence-corrected chi connectivity index (χ1v) is 8.30. The van der Waals surface area contributed by atoms with Gasteiger partial charge in [0.25, 0.3) is 11.7 Å². The number of hydrogen-bond acceptors (Lipinski definition) is 6. The fourth-order valence-electron chi connectivity index (χ4n) is 3.33. The smallest absolute Gasteiger partial charge is 0.295 e. The van der Waals surface area contributed by atoms with Crippen molar-refractivity contribution in [3.05, 3.63) is 59.2 Å². The van der Waals surface area contributed by atoms with Gasteiger partial charge in [0.2, 0.25) is 6.79 Å². The van der Waals surface area contributed by atoms with Gasteiger partial charge < -0.3 is 24.2 Å². The lowest BCUT2D eigenvalue weighted by Gasteiger charge is -2.21. The molecule has 1 unspecified atom stereocenters. The highest BCUT2D eigenvalue weighted by atomic mass is 16.7. The van der Waals surface area contributed by atoms with Crippen molar-refractivity contribution in [2.75, 3.05) is 21.0 Å². The number of fused-ring (bicyclic) bond motifs is 1. The summed E-state index contributed by atoms with van der Waals surface area (Å²) in [5.41, 5.74) is 1.11. The van der Waals surface area contributed by atoms with Crippen molar-refractivity contribution in [3.63, 3.8) is 0 Å². The predicted octanol–water partition coefficient (Wildman–Crippen LogP) is 2.48. The monoisotopic (exact) mass is 367 g/mol. The lowest BCUT2D eigenvalue weighted by Crippen LogP contribution is -2.24. The van der Waals surface area contributed by atoms with Crippen molar-refractivity contribution in [2.45, 2.75) is 6.04 Å². The van der Waals surface area contributed by atoms with E-state index in [1.807, 2.05) is 0 Å². The molecular weight excluding hydrogens is 350 g/mol. The average molecular weight is 367 g/mol. The van der Waals surface area contributed by atoms with Crippen LogP contribution in [0.3, 0.4) is 0 Å². The summed E-state index contributed by atoms with van der Waals surface area (Å²) in [5.74, 6) is 0.122. The number of nitrogens with zero attached hydrogens (tertiary/aromatic N) is 1. The van der Waals surface area contributed by atoms with Crippen LogP contribution in [0.15, 0.2) is 48.0 Å². The third-order valence-corrected chi connectivity index (χ3v) is 4.75. The molecule has 0 spiro atoms. The number of aliphatic hydroxyl groups is 1. The Morgan fingerprint density at radius 2 is 1.81 bits per heavy atom. The fraction of sp³-hybridized carbons (Fsp3) is 0.200. The SMILES string of the molecule is COc1ccc(/C(O)=C2\C(=O)C(=O)N(C)C2c2ccc3c(c2)OCO3)cc1. The van der Waals surface area contributed by atoms with Gasteiger partial charge in [-0.25, -0.2) is 0 Å². The number of amides is 1. The molecule has 138 valence electrons. The van der Waals surface area contributed by atoms with Crippen molar-refractivity contribution < 1.29 is 28.9 Å². The Balaban J connectivity index is 1.82. The first-order valence-electron chi connectivity index (χ1n) is 8.30. The first kappa shape index (κ1) is 17.0.